The second-order valence-corrected chi connectivity index (χ2v) is 4.10. The van der Waals surface area contributed by atoms with E-state index in [0.29, 0.717) is 28.0 Å². The zero-order valence-corrected chi connectivity index (χ0v) is 10.2. The minimum atomic E-state index is -0.304. The van der Waals surface area contributed by atoms with Gasteiger partial charge >= 0.3 is 0 Å². The van der Waals surface area contributed by atoms with Gasteiger partial charge in [0.25, 0.3) is 0 Å². The molecule has 0 saturated carbocycles. The maximum Gasteiger partial charge on any atom is 0.202 e. The van der Waals surface area contributed by atoms with Gasteiger partial charge in [-0.25, -0.2) is 9.37 Å². The van der Waals surface area contributed by atoms with Crippen LogP contribution in [0.2, 0.25) is 0 Å². The number of ether oxygens (including phenoxy) is 1. The number of rotatable bonds is 3. The van der Waals surface area contributed by atoms with E-state index in [9.17, 15) is 4.39 Å². The predicted octanol–water partition coefficient (Wildman–Crippen LogP) is 2.31. The highest BCUT2D eigenvalue weighted by molar-refractivity contribution is 5.74. The zero-order chi connectivity index (χ0) is 13.2. The highest BCUT2D eigenvalue weighted by Gasteiger charge is 2.08. The summed E-state index contributed by atoms with van der Waals surface area (Å²) >= 11 is 0. The fourth-order valence-corrected chi connectivity index (χ4v) is 1.88. The number of pyridine rings is 1. The van der Waals surface area contributed by atoms with Crippen molar-refractivity contribution in [2.24, 2.45) is 0 Å². The molecule has 5 nitrogen and oxygen atoms in total. The van der Waals surface area contributed by atoms with Crippen LogP contribution in [0, 0.1) is 5.82 Å². The monoisotopic (exact) mass is 258 g/mol. The Hall–Kier alpha value is -2.34. The first kappa shape index (κ1) is 11.7. The van der Waals surface area contributed by atoms with Gasteiger partial charge in [0.1, 0.15) is 11.3 Å². The van der Waals surface area contributed by atoms with Crippen molar-refractivity contribution in [1.82, 2.24) is 20.4 Å². The molecular weight excluding hydrogens is 247 g/mol. The number of nitrogens with one attached hydrogen (secondary N) is 1. The standard InChI is InChI=1S/C13H11FN4O/c1-19-7-9-3-2-8(6-10(9)14)11-4-5-12-13(15-11)17-18-16-12/h2-6H,7H2,1H3,(H,15,16,17,18). The lowest BCUT2D eigenvalue weighted by Gasteiger charge is -2.05. The van der Waals surface area contributed by atoms with Crippen LogP contribution >= 0.6 is 0 Å². The van der Waals surface area contributed by atoms with Crippen LogP contribution in [0.15, 0.2) is 30.3 Å². The topological polar surface area (TPSA) is 63.7 Å². The normalized spacial score (nSPS) is 11.1. The Morgan fingerprint density at radius 1 is 1.21 bits per heavy atom. The number of hydrogen-bond donors (Lipinski definition) is 1. The Labute approximate surface area is 108 Å². The molecule has 0 fully saturated rings. The van der Waals surface area contributed by atoms with E-state index in [1.54, 1.807) is 18.2 Å². The van der Waals surface area contributed by atoms with Gasteiger partial charge in [0.15, 0.2) is 0 Å². The van der Waals surface area contributed by atoms with E-state index in [1.807, 2.05) is 6.07 Å². The first-order chi connectivity index (χ1) is 9.28. The van der Waals surface area contributed by atoms with Gasteiger partial charge in [-0.1, -0.05) is 12.1 Å². The van der Waals surface area contributed by atoms with Gasteiger partial charge in [0, 0.05) is 18.2 Å². The van der Waals surface area contributed by atoms with Crippen molar-refractivity contribution in [2.75, 3.05) is 7.11 Å². The molecule has 6 heteroatoms. The molecule has 2 heterocycles. The van der Waals surface area contributed by atoms with Crippen LogP contribution in [0.5, 0.6) is 0 Å². The van der Waals surface area contributed by atoms with E-state index in [2.05, 4.69) is 20.4 Å². The average Bonchev–Trinajstić information content (AvgIpc) is 2.88. The third-order valence-electron chi connectivity index (χ3n) is 2.83. The van der Waals surface area contributed by atoms with Crippen LogP contribution in [0.3, 0.4) is 0 Å². The van der Waals surface area contributed by atoms with Crippen molar-refractivity contribution in [1.29, 1.82) is 0 Å². The lowest BCUT2D eigenvalue weighted by molar-refractivity contribution is 0.181. The predicted molar refractivity (Wildman–Crippen MR) is 67.8 cm³/mol. The molecule has 1 N–H and O–H groups in total. The molecule has 3 rings (SSSR count). The summed E-state index contributed by atoms with van der Waals surface area (Å²) in [6.45, 7) is 0.252. The number of H-pyrrole nitrogens is 1. The summed E-state index contributed by atoms with van der Waals surface area (Å²) in [4.78, 5) is 4.32. The second kappa shape index (κ2) is 4.74. The van der Waals surface area contributed by atoms with Crippen LogP contribution in [-0.2, 0) is 11.3 Å². The molecule has 2 aromatic heterocycles. The third kappa shape index (κ3) is 2.17. The lowest BCUT2D eigenvalue weighted by atomic mass is 10.1. The van der Waals surface area contributed by atoms with Gasteiger partial charge in [-0.2, -0.15) is 10.3 Å². The van der Waals surface area contributed by atoms with Gasteiger partial charge in [-0.05, 0) is 18.2 Å². The fourth-order valence-electron chi connectivity index (χ4n) is 1.88. The Morgan fingerprint density at radius 3 is 2.89 bits per heavy atom. The van der Waals surface area contributed by atoms with Crippen molar-refractivity contribution in [3.05, 3.63) is 41.7 Å². The second-order valence-electron chi connectivity index (χ2n) is 4.10. The van der Waals surface area contributed by atoms with Gasteiger partial charge < -0.3 is 4.74 Å². The molecule has 96 valence electrons. The molecule has 0 amide bonds. The quantitative estimate of drug-likeness (QED) is 0.783. The Morgan fingerprint density at radius 2 is 2.11 bits per heavy atom. The summed E-state index contributed by atoms with van der Waals surface area (Å²) in [6, 6.07) is 8.54. The Balaban J connectivity index is 2.03. The maximum absolute atomic E-state index is 13.8. The highest BCUT2D eigenvalue weighted by Crippen LogP contribution is 2.22. The molecule has 0 saturated heterocycles. The van der Waals surface area contributed by atoms with Gasteiger partial charge in [0.05, 0.1) is 12.3 Å². The maximum atomic E-state index is 13.8. The number of nitrogens with zero attached hydrogens (tertiary/aromatic N) is 3. The van der Waals surface area contributed by atoms with Gasteiger partial charge in [-0.15, -0.1) is 5.10 Å². The highest BCUT2D eigenvalue weighted by atomic mass is 19.1. The molecular formula is C13H11FN4O. The van der Waals surface area contributed by atoms with Crippen LogP contribution in [-0.4, -0.2) is 27.5 Å². The number of halogens is 1. The lowest BCUT2D eigenvalue weighted by Crippen LogP contribution is -1.94. The first-order valence-electron chi connectivity index (χ1n) is 5.73. The summed E-state index contributed by atoms with van der Waals surface area (Å²) in [5.41, 5.74) is 3.07. The number of methoxy groups -OCH3 is 1. The minimum Gasteiger partial charge on any atom is -0.380 e. The zero-order valence-electron chi connectivity index (χ0n) is 10.2. The SMILES string of the molecule is COCc1ccc(-c2ccc3n[nH]nc3n2)cc1F. The summed E-state index contributed by atoms with van der Waals surface area (Å²) in [7, 11) is 1.54. The minimum absolute atomic E-state index is 0.252. The van der Waals surface area contributed by atoms with Gasteiger partial charge in [0.2, 0.25) is 5.65 Å². The molecule has 0 aliphatic rings. The molecule has 0 radical (unpaired) electrons. The molecule has 0 aliphatic carbocycles. The largest absolute Gasteiger partial charge is 0.380 e. The van der Waals surface area contributed by atoms with E-state index in [0.717, 1.165) is 0 Å². The van der Waals surface area contributed by atoms with Crippen molar-refractivity contribution < 1.29 is 9.13 Å². The molecule has 0 aliphatic heterocycles. The number of aromatic amines is 1. The van der Waals surface area contributed by atoms with Crippen molar-refractivity contribution in [3.8, 4) is 11.3 Å². The van der Waals surface area contributed by atoms with Crippen LogP contribution in [0.4, 0.5) is 4.39 Å². The first-order valence-corrected chi connectivity index (χ1v) is 5.73. The number of hydrogen-bond acceptors (Lipinski definition) is 4. The van der Waals surface area contributed by atoms with E-state index >= 15 is 0 Å². The van der Waals surface area contributed by atoms with Crippen molar-refractivity contribution in [2.45, 2.75) is 6.61 Å². The molecule has 0 atom stereocenters. The number of aromatic nitrogens is 4. The molecule has 0 spiro atoms. The molecule has 1 aromatic carbocycles. The van der Waals surface area contributed by atoms with Crippen LogP contribution in [0.1, 0.15) is 5.56 Å². The molecule has 0 unspecified atom stereocenters. The van der Waals surface area contributed by atoms with E-state index in [1.165, 1.54) is 13.2 Å². The molecule has 0 bridgehead atoms. The van der Waals surface area contributed by atoms with Crippen LogP contribution in [0.25, 0.3) is 22.4 Å². The molecule has 3 aromatic rings. The summed E-state index contributed by atoms with van der Waals surface area (Å²) in [6.07, 6.45) is 0. The van der Waals surface area contributed by atoms with Crippen molar-refractivity contribution in [3.63, 3.8) is 0 Å². The fraction of sp³-hybridized carbons (Fsp3) is 0.154. The summed E-state index contributed by atoms with van der Waals surface area (Å²) in [5, 5.41) is 10.3. The van der Waals surface area contributed by atoms with Crippen molar-refractivity contribution >= 4 is 11.2 Å². The number of fused-ring (bicyclic) bond motifs is 1. The van der Waals surface area contributed by atoms with Gasteiger partial charge in [-0.3, -0.25) is 0 Å². The van der Waals surface area contributed by atoms with E-state index < -0.39 is 0 Å². The van der Waals surface area contributed by atoms with E-state index in [4.69, 9.17) is 4.74 Å². The third-order valence-corrected chi connectivity index (χ3v) is 2.83. The number of benzene rings is 1. The smallest absolute Gasteiger partial charge is 0.202 e. The Kier molecular flexibility index (Phi) is 2.92. The van der Waals surface area contributed by atoms with E-state index in [-0.39, 0.29) is 12.4 Å². The Bertz CT molecular complexity index is 725. The average molecular weight is 258 g/mol. The summed E-state index contributed by atoms with van der Waals surface area (Å²) < 4.78 is 18.8. The molecule has 19 heavy (non-hydrogen) atoms. The summed E-state index contributed by atoms with van der Waals surface area (Å²) in [5.74, 6) is -0.304. The van der Waals surface area contributed by atoms with Crippen LogP contribution < -0.4 is 0 Å².